The highest BCUT2D eigenvalue weighted by atomic mass is 31.0. The van der Waals surface area contributed by atoms with Crippen LogP contribution in [0.5, 0.6) is 0 Å². The van der Waals surface area contributed by atoms with Gasteiger partial charge in [-0.05, 0) is 9.47 Å². The van der Waals surface area contributed by atoms with Crippen LogP contribution in [-0.4, -0.2) is 4.89 Å². The van der Waals surface area contributed by atoms with Crippen molar-refractivity contribution in [2.24, 2.45) is 5.50 Å². The lowest BCUT2D eigenvalue weighted by molar-refractivity contribution is 0.664. The van der Waals surface area contributed by atoms with Gasteiger partial charge in [0.1, 0.15) is 0 Å². The molecule has 0 radical (unpaired) electrons. The van der Waals surface area contributed by atoms with Crippen LogP contribution < -0.4 is 5.50 Å². The minimum Gasteiger partial charge on any atom is -0.380 e. The van der Waals surface area contributed by atoms with Crippen LogP contribution in [0.3, 0.4) is 0 Å². The SMILES string of the molecule is NP.OP. The Morgan fingerprint density at radius 3 is 1.25 bits per heavy atom. The molecule has 3 N–H and O–H groups in total. The average Bonchev–Trinajstić information content (AvgIpc) is 1.50. The number of hydrogen-bond donors (Lipinski definition) is 2. The summed E-state index contributed by atoms with van der Waals surface area (Å²) in [6.45, 7) is 0. The second-order valence-electron chi connectivity index (χ2n) is 0. The first-order valence-corrected chi connectivity index (χ1v) is 1.77. The van der Waals surface area contributed by atoms with E-state index < -0.39 is 0 Å². The Bertz CT molecular complexity index is 6.00. The summed E-state index contributed by atoms with van der Waals surface area (Å²) in [5.41, 5.74) is 4.42. The molecule has 0 spiro atoms. The highest BCUT2D eigenvalue weighted by Gasteiger charge is 0.826. The quantitative estimate of drug-likeness (QED) is 0.402. The van der Waals surface area contributed by atoms with E-state index in [-0.39, 0.29) is 0 Å². The zero-order valence-corrected chi connectivity index (χ0v) is 4.49. The van der Waals surface area contributed by atoms with Gasteiger partial charge in [0.15, 0.2) is 0 Å². The molecule has 0 bridgehead atoms. The van der Waals surface area contributed by atoms with E-state index in [1.54, 1.807) is 0 Å². The van der Waals surface area contributed by atoms with Gasteiger partial charge in [0, 0.05) is 0 Å². The van der Waals surface area contributed by atoms with E-state index in [4.69, 9.17) is 4.89 Å². The van der Waals surface area contributed by atoms with Crippen molar-refractivity contribution < 1.29 is 4.89 Å². The third kappa shape index (κ3) is 14.5. The fourth-order valence-corrected chi connectivity index (χ4v) is 0. The van der Waals surface area contributed by atoms with Gasteiger partial charge in [0.25, 0.3) is 0 Å². The zero-order valence-electron chi connectivity index (χ0n) is 2.18. The molecule has 4 heteroatoms. The third-order valence-corrected chi connectivity index (χ3v) is 0. The standard InChI is InChI=1S/H4NP.H3OP/c2*1-2/h1-2H2;1H,2H2. The first-order valence-electron chi connectivity index (χ1n) is 0.592. The summed E-state index contributed by atoms with van der Waals surface area (Å²) >= 11 is 0. The minimum absolute atomic E-state index is 1.42. The van der Waals surface area contributed by atoms with Crippen molar-refractivity contribution in [1.29, 1.82) is 0 Å². The second-order valence-corrected chi connectivity index (χ2v) is 0. The molecule has 0 aliphatic carbocycles. The molecule has 0 saturated heterocycles. The summed E-state index contributed by atoms with van der Waals surface area (Å²) in [6.07, 6.45) is 0. The van der Waals surface area contributed by atoms with Crippen molar-refractivity contribution >= 4 is 18.9 Å². The van der Waals surface area contributed by atoms with Gasteiger partial charge in [-0.2, -0.15) is 0 Å². The van der Waals surface area contributed by atoms with Crippen LogP contribution in [0.4, 0.5) is 0 Å². The summed E-state index contributed by atoms with van der Waals surface area (Å²) < 4.78 is 0. The molecule has 0 aromatic rings. The molecule has 0 aliphatic heterocycles. The molecule has 2 unspecified atom stereocenters. The first-order chi connectivity index (χ1) is 2.00. The molecule has 0 heterocycles. The van der Waals surface area contributed by atoms with Gasteiger partial charge in [-0.3, -0.25) is 0 Å². The molecule has 28 valence electrons. The van der Waals surface area contributed by atoms with Gasteiger partial charge in [-0.25, -0.2) is 0 Å². The fraction of sp³-hybridized carbons (Fsp3) is 0. The zero-order chi connectivity index (χ0) is 4.00. The monoisotopic (exact) mass is 99.0 g/mol. The maximum Gasteiger partial charge on any atom is -0.00391 e. The highest BCUT2D eigenvalue weighted by molar-refractivity contribution is 7.13. The average molecular weight is 99.0 g/mol. The Kier molecular flexibility index (Phi) is 106. The van der Waals surface area contributed by atoms with Crippen molar-refractivity contribution in [2.45, 2.75) is 0 Å². The van der Waals surface area contributed by atoms with Gasteiger partial charge in [-0.15, -0.1) is 0 Å². The van der Waals surface area contributed by atoms with Crippen molar-refractivity contribution in [3.05, 3.63) is 0 Å². The van der Waals surface area contributed by atoms with E-state index in [0.717, 1.165) is 0 Å². The Hall–Kier alpha value is 0.780. The molecular weight excluding hydrogens is 92.0 g/mol. The van der Waals surface area contributed by atoms with Gasteiger partial charge in [0.05, 0.1) is 0 Å². The van der Waals surface area contributed by atoms with E-state index in [0.29, 0.717) is 0 Å². The summed E-state index contributed by atoms with van der Waals surface area (Å²) in [5.74, 6) is 0. The van der Waals surface area contributed by atoms with Crippen molar-refractivity contribution in [1.82, 2.24) is 0 Å². The van der Waals surface area contributed by atoms with Crippen LogP contribution in [0.15, 0.2) is 0 Å². The van der Waals surface area contributed by atoms with E-state index in [2.05, 4.69) is 5.50 Å². The van der Waals surface area contributed by atoms with E-state index in [9.17, 15) is 0 Å². The molecule has 0 aromatic heterocycles. The van der Waals surface area contributed by atoms with E-state index in [1.165, 1.54) is 9.47 Å². The molecule has 0 fully saturated rings. The lowest BCUT2D eigenvalue weighted by Gasteiger charge is -1.21. The fourth-order valence-electron chi connectivity index (χ4n) is 0. The van der Waals surface area contributed by atoms with Gasteiger partial charge < -0.3 is 10.4 Å². The van der Waals surface area contributed by atoms with Gasteiger partial charge in [-0.1, -0.05) is 9.39 Å². The summed E-state index contributed by atoms with van der Waals surface area (Å²) in [5, 5.41) is 0. The van der Waals surface area contributed by atoms with Crippen LogP contribution in [0.2, 0.25) is 0 Å². The predicted molar refractivity (Wildman–Crippen MR) is 25.8 cm³/mol. The van der Waals surface area contributed by atoms with Crippen LogP contribution in [0, 0.1) is 0 Å². The third-order valence-electron chi connectivity index (χ3n) is 0. The predicted octanol–water partition coefficient (Wildman–Crippen LogP) is -0.496. The van der Waals surface area contributed by atoms with E-state index >= 15 is 0 Å². The van der Waals surface area contributed by atoms with Crippen LogP contribution in [0.25, 0.3) is 0 Å². The first kappa shape index (κ1) is 8.84. The topological polar surface area (TPSA) is 46.2 Å². The highest BCUT2D eigenvalue weighted by Crippen LogP contribution is 1.44. The van der Waals surface area contributed by atoms with Crippen LogP contribution in [-0.2, 0) is 0 Å². The van der Waals surface area contributed by atoms with Crippen LogP contribution in [0.1, 0.15) is 0 Å². The molecular formula is H7NOP2. The lowest BCUT2D eigenvalue weighted by Crippen LogP contribution is -1.45. The largest absolute Gasteiger partial charge is 0.380 e. The van der Waals surface area contributed by atoms with Crippen molar-refractivity contribution in [3.8, 4) is 0 Å². The lowest BCUT2D eigenvalue weighted by atomic mass is 13.9. The molecule has 2 nitrogen and oxygen atoms in total. The summed E-state index contributed by atoms with van der Waals surface area (Å²) in [6, 6.07) is 0. The van der Waals surface area contributed by atoms with Crippen molar-refractivity contribution in [3.63, 3.8) is 0 Å². The Morgan fingerprint density at radius 2 is 1.25 bits per heavy atom. The van der Waals surface area contributed by atoms with Gasteiger partial charge in [0.2, 0.25) is 0 Å². The van der Waals surface area contributed by atoms with Crippen molar-refractivity contribution in [2.75, 3.05) is 0 Å². The molecule has 2 atom stereocenters. The molecule has 0 saturated carbocycles. The van der Waals surface area contributed by atoms with Crippen LogP contribution >= 0.6 is 18.9 Å². The molecule has 0 amide bonds. The maximum absolute atomic E-state index is 6.92. The number of hydrogen-bond acceptors (Lipinski definition) is 2. The van der Waals surface area contributed by atoms with Gasteiger partial charge >= 0.3 is 0 Å². The Morgan fingerprint density at radius 1 is 1.25 bits per heavy atom. The molecule has 0 rings (SSSR count). The summed E-state index contributed by atoms with van der Waals surface area (Å²) in [7, 11) is 3.33. The minimum atomic E-state index is 1.42. The Balaban J connectivity index is 0. The second kappa shape index (κ2) is 48.0. The smallest absolute Gasteiger partial charge is 0.00391 e. The molecule has 0 aliphatic rings. The van der Waals surface area contributed by atoms with E-state index in [1.807, 2.05) is 9.39 Å². The summed E-state index contributed by atoms with van der Waals surface area (Å²) in [4.78, 5) is 6.92. The Labute approximate surface area is 30.3 Å². The molecule has 4 heavy (non-hydrogen) atoms. The molecule has 0 aromatic carbocycles. The number of rotatable bonds is 0. The number of nitrogens with two attached hydrogens (primary N) is 1. The normalized spacial score (nSPS) is 3.00. The maximum atomic E-state index is 6.92.